The normalized spacial score (nSPS) is 13.4. The van der Waals surface area contributed by atoms with Gasteiger partial charge in [0.2, 0.25) is 0 Å². The van der Waals surface area contributed by atoms with E-state index in [1.54, 1.807) is 6.20 Å². The summed E-state index contributed by atoms with van der Waals surface area (Å²) >= 11 is 0. The van der Waals surface area contributed by atoms with Crippen LogP contribution in [0.2, 0.25) is 0 Å². The zero-order valence-corrected chi connectivity index (χ0v) is 12.3. The summed E-state index contributed by atoms with van der Waals surface area (Å²) in [6.07, 6.45) is 5.82. The van der Waals surface area contributed by atoms with E-state index >= 15 is 0 Å². The van der Waals surface area contributed by atoms with Crippen LogP contribution in [0.4, 0.5) is 0 Å². The minimum absolute atomic E-state index is 0.0982. The molecule has 1 heterocycles. The van der Waals surface area contributed by atoms with E-state index in [0.717, 1.165) is 25.2 Å². The summed E-state index contributed by atoms with van der Waals surface area (Å²) in [5, 5.41) is 3.29. The lowest BCUT2D eigenvalue weighted by Crippen LogP contribution is -2.31. The molecule has 102 valence electrons. The quantitative estimate of drug-likeness (QED) is 0.807. The van der Waals surface area contributed by atoms with E-state index in [0.29, 0.717) is 6.04 Å². The van der Waals surface area contributed by atoms with Crippen molar-refractivity contribution in [1.29, 1.82) is 0 Å². The van der Waals surface area contributed by atoms with E-state index < -0.39 is 0 Å². The van der Waals surface area contributed by atoms with Gasteiger partial charge in [-0.1, -0.05) is 20.8 Å². The van der Waals surface area contributed by atoms with Crippen molar-refractivity contribution in [3.05, 3.63) is 24.0 Å². The molecule has 0 aromatic carbocycles. The van der Waals surface area contributed by atoms with Gasteiger partial charge < -0.3 is 10.1 Å². The summed E-state index contributed by atoms with van der Waals surface area (Å²) in [5.41, 5.74) is 1.33. The van der Waals surface area contributed by atoms with Crippen molar-refractivity contribution >= 4 is 0 Å². The lowest BCUT2D eigenvalue weighted by Gasteiger charge is -2.28. The van der Waals surface area contributed by atoms with Gasteiger partial charge in [0.05, 0.1) is 12.8 Å². The van der Waals surface area contributed by atoms with Crippen molar-refractivity contribution < 1.29 is 4.74 Å². The minimum atomic E-state index is 0.0982. The second-order valence-corrected chi connectivity index (χ2v) is 5.54. The Morgan fingerprint density at radius 2 is 2.11 bits per heavy atom. The van der Waals surface area contributed by atoms with Crippen LogP contribution in [-0.2, 0) is 5.41 Å². The zero-order valence-electron chi connectivity index (χ0n) is 12.3. The molecule has 1 rings (SSSR count). The Morgan fingerprint density at radius 1 is 1.39 bits per heavy atom. The van der Waals surface area contributed by atoms with Gasteiger partial charge in [0.15, 0.2) is 0 Å². The zero-order chi connectivity index (χ0) is 13.6. The molecule has 3 heteroatoms. The molecule has 0 spiro atoms. The fraction of sp³-hybridized carbons (Fsp3) is 0.667. The molecule has 1 atom stereocenters. The van der Waals surface area contributed by atoms with Gasteiger partial charge in [0.1, 0.15) is 5.75 Å². The van der Waals surface area contributed by atoms with Crippen LogP contribution in [0.3, 0.4) is 0 Å². The van der Waals surface area contributed by atoms with Crippen LogP contribution < -0.4 is 10.1 Å². The summed E-state index contributed by atoms with van der Waals surface area (Å²) in [7, 11) is 2.00. The molecule has 0 saturated heterocycles. The summed E-state index contributed by atoms with van der Waals surface area (Å²) in [6, 6.07) is 2.60. The fourth-order valence-electron chi connectivity index (χ4n) is 2.07. The molecule has 1 unspecified atom stereocenters. The largest absolute Gasteiger partial charge is 0.492 e. The second kappa shape index (κ2) is 6.74. The monoisotopic (exact) mass is 250 g/mol. The first kappa shape index (κ1) is 15.0. The molecule has 0 aliphatic rings. The van der Waals surface area contributed by atoms with E-state index in [2.05, 4.69) is 44.1 Å². The molecule has 1 N–H and O–H groups in total. The molecule has 0 aliphatic heterocycles. The first-order chi connectivity index (χ1) is 8.49. The van der Waals surface area contributed by atoms with Crippen LogP contribution in [0.25, 0.3) is 0 Å². The molecular formula is C15H26N2O. The number of nitrogens with one attached hydrogen (secondary N) is 1. The maximum Gasteiger partial charge on any atom is 0.137 e. The van der Waals surface area contributed by atoms with Gasteiger partial charge in [-0.2, -0.15) is 0 Å². The van der Waals surface area contributed by atoms with Crippen LogP contribution in [0, 0.1) is 0 Å². The molecule has 0 fully saturated rings. The van der Waals surface area contributed by atoms with E-state index in [9.17, 15) is 0 Å². The SMILES string of the molecule is CCCOc1cncc(C(C)(C)CC(C)NC)c1. The van der Waals surface area contributed by atoms with Crippen molar-refractivity contribution in [2.45, 2.75) is 52.0 Å². The molecule has 1 aromatic rings. The maximum absolute atomic E-state index is 5.64. The van der Waals surface area contributed by atoms with E-state index in [1.807, 2.05) is 13.2 Å². The highest BCUT2D eigenvalue weighted by Gasteiger charge is 2.23. The summed E-state index contributed by atoms with van der Waals surface area (Å²) in [6.45, 7) is 9.56. The smallest absolute Gasteiger partial charge is 0.137 e. The Kier molecular flexibility index (Phi) is 5.60. The number of nitrogens with zero attached hydrogens (tertiary/aromatic N) is 1. The van der Waals surface area contributed by atoms with Crippen molar-refractivity contribution in [2.75, 3.05) is 13.7 Å². The molecule has 0 bridgehead atoms. The first-order valence-electron chi connectivity index (χ1n) is 6.75. The van der Waals surface area contributed by atoms with E-state index in [4.69, 9.17) is 4.74 Å². The van der Waals surface area contributed by atoms with Crippen LogP contribution in [0.1, 0.15) is 46.1 Å². The molecular weight excluding hydrogens is 224 g/mol. The van der Waals surface area contributed by atoms with Gasteiger partial charge in [0.25, 0.3) is 0 Å². The highest BCUT2D eigenvalue weighted by atomic mass is 16.5. The molecule has 1 aromatic heterocycles. The Morgan fingerprint density at radius 3 is 2.72 bits per heavy atom. The van der Waals surface area contributed by atoms with Crippen LogP contribution in [0.5, 0.6) is 5.75 Å². The number of ether oxygens (including phenoxy) is 1. The lowest BCUT2D eigenvalue weighted by molar-refractivity contribution is 0.314. The van der Waals surface area contributed by atoms with E-state index in [-0.39, 0.29) is 5.41 Å². The lowest BCUT2D eigenvalue weighted by atomic mass is 9.80. The van der Waals surface area contributed by atoms with Crippen LogP contribution >= 0.6 is 0 Å². The Balaban J connectivity index is 2.80. The van der Waals surface area contributed by atoms with E-state index in [1.165, 1.54) is 5.56 Å². The highest BCUT2D eigenvalue weighted by Crippen LogP contribution is 2.29. The average Bonchev–Trinajstić information content (AvgIpc) is 2.36. The number of pyridine rings is 1. The number of hydrogen-bond acceptors (Lipinski definition) is 3. The average molecular weight is 250 g/mol. The minimum Gasteiger partial charge on any atom is -0.492 e. The Bertz CT molecular complexity index is 363. The summed E-state index contributed by atoms with van der Waals surface area (Å²) < 4.78 is 5.64. The van der Waals surface area contributed by atoms with Gasteiger partial charge in [-0.05, 0) is 43.9 Å². The van der Waals surface area contributed by atoms with Crippen molar-refractivity contribution in [3.63, 3.8) is 0 Å². The number of rotatable bonds is 7. The predicted molar refractivity (Wildman–Crippen MR) is 76.2 cm³/mol. The van der Waals surface area contributed by atoms with Gasteiger partial charge >= 0.3 is 0 Å². The third-order valence-electron chi connectivity index (χ3n) is 3.28. The highest BCUT2D eigenvalue weighted by molar-refractivity contribution is 5.29. The third-order valence-corrected chi connectivity index (χ3v) is 3.28. The Hall–Kier alpha value is -1.09. The molecule has 0 aliphatic carbocycles. The maximum atomic E-state index is 5.64. The van der Waals surface area contributed by atoms with Gasteiger partial charge in [-0.3, -0.25) is 4.98 Å². The third kappa shape index (κ3) is 4.30. The predicted octanol–water partition coefficient (Wildman–Crippen LogP) is 3.15. The standard InChI is InChI=1S/C15H26N2O/c1-6-7-18-14-8-13(10-17-11-14)15(3,4)9-12(2)16-5/h8,10-12,16H,6-7,9H2,1-5H3. The second-order valence-electron chi connectivity index (χ2n) is 5.54. The molecule has 0 amide bonds. The molecule has 18 heavy (non-hydrogen) atoms. The van der Waals surface area contributed by atoms with Gasteiger partial charge in [-0.25, -0.2) is 0 Å². The molecule has 3 nitrogen and oxygen atoms in total. The summed E-state index contributed by atoms with van der Waals surface area (Å²) in [4.78, 5) is 4.29. The molecule has 0 saturated carbocycles. The Labute approximate surface area is 111 Å². The summed E-state index contributed by atoms with van der Waals surface area (Å²) in [5.74, 6) is 0.875. The van der Waals surface area contributed by atoms with Gasteiger partial charge in [-0.15, -0.1) is 0 Å². The van der Waals surface area contributed by atoms with Crippen LogP contribution in [0.15, 0.2) is 18.5 Å². The fourth-order valence-corrected chi connectivity index (χ4v) is 2.07. The van der Waals surface area contributed by atoms with Crippen molar-refractivity contribution in [2.24, 2.45) is 0 Å². The topological polar surface area (TPSA) is 34.1 Å². The first-order valence-corrected chi connectivity index (χ1v) is 6.75. The van der Waals surface area contributed by atoms with Gasteiger partial charge in [0, 0.05) is 12.2 Å². The van der Waals surface area contributed by atoms with Crippen molar-refractivity contribution in [1.82, 2.24) is 10.3 Å². The number of aromatic nitrogens is 1. The number of hydrogen-bond donors (Lipinski definition) is 1. The van der Waals surface area contributed by atoms with Crippen LogP contribution in [-0.4, -0.2) is 24.7 Å². The van der Waals surface area contributed by atoms with Crippen molar-refractivity contribution in [3.8, 4) is 5.75 Å². The molecule has 0 radical (unpaired) electrons.